The maximum Gasteiger partial charge on any atom is 0.243 e. The van der Waals surface area contributed by atoms with Gasteiger partial charge in [0.2, 0.25) is 16.7 Å². The van der Waals surface area contributed by atoms with Crippen molar-refractivity contribution < 1.29 is 31.2 Å². The van der Waals surface area contributed by atoms with Gasteiger partial charge in [-0.05, 0) is 19.3 Å². The molecule has 0 aliphatic heterocycles. The molecular weight excluding hydrogens is 396 g/mol. The maximum atomic E-state index is 9.86. The number of ether oxygens (including phenoxy) is 2. The molecule has 172 valence electrons. The van der Waals surface area contributed by atoms with Crippen molar-refractivity contribution in [3.63, 3.8) is 0 Å². The first kappa shape index (κ1) is 28.0. The van der Waals surface area contributed by atoms with Crippen LogP contribution in [-0.4, -0.2) is 51.1 Å². The lowest BCUT2D eigenvalue weighted by atomic mass is 10.1. The van der Waals surface area contributed by atoms with Gasteiger partial charge in [-0.2, -0.15) is 0 Å². The van der Waals surface area contributed by atoms with Crippen LogP contribution in [0.5, 0.6) is 0 Å². The predicted molar refractivity (Wildman–Crippen MR) is 111 cm³/mol. The fraction of sp³-hybridized carbons (Fsp3) is 0.850. The Hall–Kier alpha value is -1.00. The zero-order chi connectivity index (χ0) is 21.8. The fourth-order valence-electron chi connectivity index (χ4n) is 2.56. The van der Waals surface area contributed by atoms with E-state index in [2.05, 4.69) is 50.6 Å². The van der Waals surface area contributed by atoms with Crippen molar-refractivity contribution in [3.8, 4) is 0 Å². The van der Waals surface area contributed by atoms with Crippen molar-refractivity contribution in [2.24, 2.45) is 0 Å². The smallest absolute Gasteiger partial charge is 0.243 e. The number of hydrogen-bond acceptors (Lipinski definition) is 6. The van der Waals surface area contributed by atoms with E-state index < -0.39 is 10.4 Å². The van der Waals surface area contributed by atoms with Crippen LogP contribution in [0.15, 0.2) is 18.7 Å². The molecule has 0 aromatic carbocycles. The zero-order valence-electron chi connectivity index (χ0n) is 18.4. The molecule has 1 aromatic rings. The summed E-state index contributed by atoms with van der Waals surface area (Å²) < 4.78 is 47.5. The van der Waals surface area contributed by atoms with Gasteiger partial charge in [0.15, 0.2) is 0 Å². The highest BCUT2D eigenvalue weighted by molar-refractivity contribution is 7.80. The first-order chi connectivity index (χ1) is 13.9. The second-order valence-corrected chi connectivity index (χ2v) is 7.90. The SMILES string of the molecule is CCCCCCCC[n+]1ccn(CCCC)c1.COCCOCCOS(=O)(=O)[O-]. The van der Waals surface area contributed by atoms with Crippen LogP contribution in [0.3, 0.4) is 0 Å². The molecule has 0 unspecified atom stereocenters. The van der Waals surface area contributed by atoms with Crippen molar-refractivity contribution in [2.75, 3.05) is 33.5 Å². The quantitative estimate of drug-likeness (QED) is 0.161. The Bertz CT molecular complexity index is 577. The van der Waals surface area contributed by atoms with Crippen LogP contribution in [0.2, 0.25) is 0 Å². The summed E-state index contributed by atoms with van der Waals surface area (Å²) in [7, 11) is -3.06. The Labute approximate surface area is 177 Å². The average molecular weight is 437 g/mol. The van der Waals surface area contributed by atoms with E-state index in [1.807, 2.05) is 0 Å². The van der Waals surface area contributed by atoms with Crippen LogP contribution in [0.4, 0.5) is 0 Å². The third-order valence-electron chi connectivity index (χ3n) is 4.17. The van der Waals surface area contributed by atoms with E-state index in [-0.39, 0.29) is 13.2 Å². The van der Waals surface area contributed by atoms with E-state index in [0.717, 1.165) is 0 Å². The molecule has 0 saturated heterocycles. The first-order valence-corrected chi connectivity index (χ1v) is 12.0. The number of nitrogens with zero attached hydrogens (tertiary/aromatic N) is 2. The molecular formula is C20H40N2O6S. The molecule has 8 nitrogen and oxygen atoms in total. The van der Waals surface area contributed by atoms with Gasteiger partial charge in [-0.25, -0.2) is 17.6 Å². The van der Waals surface area contributed by atoms with E-state index >= 15 is 0 Å². The van der Waals surface area contributed by atoms with Crippen molar-refractivity contribution in [1.29, 1.82) is 0 Å². The van der Waals surface area contributed by atoms with Crippen molar-refractivity contribution in [3.05, 3.63) is 18.7 Å². The Kier molecular flexibility index (Phi) is 18.3. The van der Waals surface area contributed by atoms with Gasteiger partial charge in [0, 0.05) is 7.11 Å². The number of methoxy groups -OCH3 is 1. The molecule has 0 spiro atoms. The third-order valence-corrected chi connectivity index (χ3v) is 4.63. The molecule has 0 N–H and O–H groups in total. The van der Waals surface area contributed by atoms with Crippen LogP contribution < -0.4 is 4.57 Å². The molecule has 0 radical (unpaired) electrons. The van der Waals surface area contributed by atoms with E-state index in [4.69, 9.17) is 4.74 Å². The minimum atomic E-state index is -4.58. The van der Waals surface area contributed by atoms with Gasteiger partial charge in [0.05, 0.1) is 39.5 Å². The largest absolute Gasteiger partial charge is 0.726 e. The lowest BCUT2D eigenvalue weighted by Crippen LogP contribution is -2.30. The fourth-order valence-corrected chi connectivity index (χ4v) is 2.83. The number of unbranched alkanes of at least 4 members (excludes halogenated alkanes) is 6. The molecule has 1 heterocycles. The number of aromatic nitrogens is 2. The first-order valence-electron chi connectivity index (χ1n) is 10.6. The summed E-state index contributed by atoms with van der Waals surface area (Å²) in [6, 6.07) is 0. The summed E-state index contributed by atoms with van der Waals surface area (Å²) in [5.74, 6) is 0. The highest BCUT2D eigenvalue weighted by Crippen LogP contribution is 2.04. The second-order valence-electron chi connectivity index (χ2n) is 6.85. The van der Waals surface area contributed by atoms with Crippen molar-refractivity contribution in [1.82, 2.24) is 4.57 Å². The summed E-state index contributed by atoms with van der Waals surface area (Å²) in [4.78, 5) is 0. The molecule has 0 aliphatic carbocycles. The van der Waals surface area contributed by atoms with Crippen LogP contribution in [0.1, 0.15) is 65.2 Å². The third kappa shape index (κ3) is 20.1. The second kappa shape index (κ2) is 19.0. The molecule has 0 amide bonds. The number of imidazole rings is 1. The summed E-state index contributed by atoms with van der Waals surface area (Å²) in [6.45, 7) is 7.44. The Morgan fingerprint density at radius 1 is 0.931 bits per heavy atom. The lowest BCUT2D eigenvalue weighted by Gasteiger charge is -2.07. The van der Waals surface area contributed by atoms with Gasteiger partial charge in [-0.15, -0.1) is 0 Å². The van der Waals surface area contributed by atoms with Gasteiger partial charge in [0.1, 0.15) is 12.4 Å². The van der Waals surface area contributed by atoms with Crippen LogP contribution in [0, 0.1) is 0 Å². The molecule has 0 fully saturated rings. The predicted octanol–water partition coefficient (Wildman–Crippen LogP) is 3.06. The molecule has 1 aromatic heterocycles. The van der Waals surface area contributed by atoms with Crippen molar-refractivity contribution >= 4 is 10.4 Å². The summed E-state index contributed by atoms with van der Waals surface area (Å²) in [5, 5.41) is 0. The van der Waals surface area contributed by atoms with E-state index in [0.29, 0.717) is 13.2 Å². The minimum Gasteiger partial charge on any atom is -0.726 e. The van der Waals surface area contributed by atoms with Crippen molar-refractivity contribution in [2.45, 2.75) is 78.3 Å². The minimum absolute atomic E-state index is 0.0603. The molecule has 1 rings (SSSR count). The molecule has 29 heavy (non-hydrogen) atoms. The number of rotatable bonds is 17. The molecule has 0 saturated carbocycles. The van der Waals surface area contributed by atoms with Gasteiger partial charge in [0.25, 0.3) is 0 Å². The molecule has 9 heteroatoms. The van der Waals surface area contributed by atoms with Crippen LogP contribution in [0.25, 0.3) is 0 Å². The average Bonchev–Trinajstić information content (AvgIpc) is 3.13. The van der Waals surface area contributed by atoms with E-state index in [1.54, 1.807) is 0 Å². The topological polar surface area (TPSA) is 93.7 Å². The highest BCUT2D eigenvalue weighted by atomic mass is 32.3. The molecule has 0 bridgehead atoms. The van der Waals surface area contributed by atoms with Crippen LogP contribution in [-0.2, 0) is 37.1 Å². The van der Waals surface area contributed by atoms with E-state index in [1.165, 1.54) is 71.6 Å². The Morgan fingerprint density at radius 3 is 2.24 bits per heavy atom. The highest BCUT2D eigenvalue weighted by Gasteiger charge is 2.02. The summed E-state index contributed by atoms with van der Waals surface area (Å²) in [6.07, 6.45) is 17.5. The Morgan fingerprint density at radius 2 is 1.59 bits per heavy atom. The van der Waals surface area contributed by atoms with Gasteiger partial charge in [-0.3, -0.25) is 4.18 Å². The van der Waals surface area contributed by atoms with Gasteiger partial charge >= 0.3 is 0 Å². The zero-order valence-corrected chi connectivity index (χ0v) is 19.2. The Balaban J connectivity index is 0.000000578. The number of hydrogen-bond donors (Lipinski definition) is 0. The maximum absolute atomic E-state index is 9.86. The standard InChI is InChI=1S/C15H29N2.C5H12O6S/c1-3-5-7-8-9-10-12-17-14-13-16(15-17)11-6-4-2;1-9-2-3-10-4-5-11-12(6,7)8/h13-15H,3-12H2,1-2H3;2-5H2,1H3,(H,6,7,8)/q+1;/p-1. The van der Waals surface area contributed by atoms with E-state index in [9.17, 15) is 13.0 Å². The molecule has 0 atom stereocenters. The molecule has 0 aliphatic rings. The normalized spacial score (nSPS) is 11.3. The summed E-state index contributed by atoms with van der Waals surface area (Å²) >= 11 is 0. The number of aryl methyl sites for hydroxylation is 2. The van der Waals surface area contributed by atoms with Gasteiger partial charge in [-0.1, -0.05) is 46.0 Å². The monoisotopic (exact) mass is 436 g/mol. The summed E-state index contributed by atoms with van der Waals surface area (Å²) in [5.41, 5.74) is 0. The van der Waals surface area contributed by atoms with Crippen LogP contribution >= 0.6 is 0 Å². The lowest BCUT2D eigenvalue weighted by molar-refractivity contribution is -0.696. The van der Waals surface area contributed by atoms with Gasteiger partial charge < -0.3 is 14.0 Å².